The molecular formula is C24H25F2N3O5. The Kier molecular flexibility index (Phi) is 6.23. The van der Waals surface area contributed by atoms with Gasteiger partial charge < -0.3 is 24.3 Å². The summed E-state index contributed by atoms with van der Waals surface area (Å²) in [6.07, 6.45) is 7.24. The molecule has 1 aromatic carbocycles. The number of ether oxygens (including phenoxy) is 4. The van der Waals surface area contributed by atoms with Gasteiger partial charge in [0.15, 0.2) is 0 Å². The van der Waals surface area contributed by atoms with Gasteiger partial charge in [0.2, 0.25) is 0 Å². The van der Waals surface area contributed by atoms with E-state index in [-0.39, 0.29) is 29.2 Å². The third-order valence-corrected chi connectivity index (χ3v) is 5.88. The third-order valence-electron chi connectivity index (χ3n) is 5.88. The number of amides is 1. The van der Waals surface area contributed by atoms with E-state index >= 15 is 0 Å². The minimum Gasteiger partial charge on any atom is -0.496 e. The molecule has 34 heavy (non-hydrogen) atoms. The Morgan fingerprint density at radius 1 is 1.26 bits per heavy atom. The van der Waals surface area contributed by atoms with Crippen LogP contribution < -0.4 is 19.5 Å². The van der Waals surface area contributed by atoms with E-state index in [1.807, 2.05) is 0 Å². The first-order valence-corrected chi connectivity index (χ1v) is 11.2. The van der Waals surface area contributed by atoms with Crippen molar-refractivity contribution in [1.82, 2.24) is 14.7 Å². The number of hydrogen-bond acceptors (Lipinski definition) is 6. The predicted octanol–water partition coefficient (Wildman–Crippen LogP) is 4.06. The molecule has 2 aromatic heterocycles. The van der Waals surface area contributed by atoms with Crippen molar-refractivity contribution in [3.63, 3.8) is 0 Å². The Hall–Kier alpha value is -3.40. The SMILES string of the molecule is COc1cc(-c2cnc3cc(OCC4CCCO4)ccn23)cc(OC(F)F)c1C(=O)NC1CC1. The number of halogens is 2. The number of nitrogens with zero attached hydrogens (tertiary/aromatic N) is 2. The molecule has 10 heteroatoms. The quantitative estimate of drug-likeness (QED) is 0.505. The summed E-state index contributed by atoms with van der Waals surface area (Å²) in [6, 6.07) is 6.67. The van der Waals surface area contributed by atoms with E-state index < -0.39 is 12.5 Å². The number of carbonyl (C=O) groups excluding carboxylic acids is 1. The van der Waals surface area contributed by atoms with E-state index in [9.17, 15) is 13.6 Å². The average molecular weight is 473 g/mol. The lowest BCUT2D eigenvalue weighted by molar-refractivity contribution is -0.0502. The van der Waals surface area contributed by atoms with Gasteiger partial charge in [-0.05, 0) is 43.9 Å². The fraction of sp³-hybridized carbons (Fsp3) is 0.417. The number of pyridine rings is 1. The molecule has 0 bridgehead atoms. The van der Waals surface area contributed by atoms with Gasteiger partial charge in [0.25, 0.3) is 5.91 Å². The van der Waals surface area contributed by atoms with Crippen LogP contribution in [0.5, 0.6) is 17.2 Å². The molecule has 1 atom stereocenters. The lowest BCUT2D eigenvalue weighted by Crippen LogP contribution is -2.26. The maximum Gasteiger partial charge on any atom is 0.387 e. The van der Waals surface area contributed by atoms with Crippen molar-refractivity contribution < 1.29 is 32.5 Å². The first kappa shape index (κ1) is 22.4. The van der Waals surface area contributed by atoms with Crippen LogP contribution in [0, 0.1) is 0 Å². The highest BCUT2D eigenvalue weighted by Crippen LogP contribution is 2.37. The Morgan fingerprint density at radius 3 is 2.79 bits per heavy atom. The zero-order valence-electron chi connectivity index (χ0n) is 18.6. The van der Waals surface area contributed by atoms with Crippen LogP contribution in [0.1, 0.15) is 36.0 Å². The molecule has 1 saturated carbocycles. The minimum absolute atomic E-state index is 0.0479. The number of nitrogens with one attached hydrogen (secondary N) is 1. The summed E-state index contributed by atoms with van der Waals surface area (Å²) in [5, 5.41) is 2.80. The molecule has 2 aliphatic rings. The first-order valence-electron chi connectivity index (χ1n) is 11.2. The van der Waals surface area contributed by atoms with Crippen LogP contribution in [0.4, 0.5) is 8.78 Å². The fourth-order valence-electron chi connectivity index (χ4n) is 4.03. The van der Waals surface area contributed by atoms with E-state index in [2.05, 4.69) is 10.3 Å². The fourth-order valence-corrected chi connectivity index (χ4v) is 4.03. The smallest absolute Gasteiger partial charge is 0.387 e. The summed E-state index contributed by atoms with van der Waals surface area (Å²) in [6.45, 7) is -1.86. The topological polar surface area (TPSA) is 83.3 Å². The van der Waals surface area contributed by atoms with Crippen molar-refractivity contribution in [2.24, 2.45) is 0 Å². The van der Waals surface area contributed by atoms with E-state index in [0.29, 0.717) is 29.3 Å². The highest BCUT2D eigenvalue weighted by molar-refractivity contribution is 6.01. The largest absolute Gasteiger partial charge is 0.496 e. The van der Waals surface area contributed by atoms with Crippen LogP contribution >= 0.6 is 0 Å². The Morgan fingerprint density at radius 2 is 2.09 bits per heavy atom. The Bertz CT molecular complexity index is 1190. The summed E-state index contributed by atoms with van der Waals surface area (Å²) in [7, 11) is 1.38. The Labute approximate surface area is 194 Å². The van der Waals surface area contributed by atoms with E-state index in [1.165, 1.54) is 13.2 Å². The monoisotopic (exact) mass is 473 g/mol. The van der Waals surface area contributed by atoms with Crippen molar-refractivity contribution >= 4 is 11.6 Å². The maximum atomic E-state index is 13.2. The summed E-state index contributed by atoms with van der Waals surface area (Å²) >= 11 is 0. The maximum absolute atomic E-state index is 13.2. The number of alkyl halides is 2. The standard InChI is InChI=1S/C24H25F2N3O5/c1-31-19-9-14(10-20(34-24(25)26)22(19)23(30)28-15-4-5-15)18-12-27-21-11-16(6-7-29(18)21)33-13-17-3-2-8-32-17/h6-7,9-12,15,17,24H,2-5,8,13H2,1H3,(H,28,30). The third kappa shape index (κ3) is 4.77. The predicted molar refractivity (Wildman–Crippen MR) is 119 cm³/mol. The minimum atomic E-state index is -3.10. The molecular weight excluding hydrogens is 448 g/mol. The van der Waals surface area contributed by atoms with Crippen molar-refractivity contribution in [3.05, 3.63) is 42.2 Å². The summed E-state index contributed by atoms with van der Waals surface area (Å²) in [5.74, 6) is 0.0333. The molecule has 1 aliphatic heterocycles. The lowest BCUT2D eigenvalue weighted by atomic mass is 10.1. The van der Waals surface area contributed by atoms with Gasteiger partial charge in [-0.1, -0.05) is 0 Å². The molecule has 3 aromatic rings. The van der Waals surface area contributed by atoms with Crippen LogP contribution in [0.3, 0.4) is 0 Å². The summed E-state index contributed by atoms with van der Waals surface area (Å²) in [4.78, 5) is 17.2. The van der Waals surface area contributed by atoms with Gasteiger partial charge in [-0.25, -0.2) is 4.98 Å². The number of rotatable bonds is 9. The van der Waals surface area contributed by atoms with Gasteiger partial charge >= 0.3 is 6.61 Å². The van der Waals surface area contributed by atoms with Crippen LogP contribution in [0.15, 0.2) is 36.7 Å². The molecule has 0 spiro atoms. The second-order valence-corrected chi connectivity index (χ2v) is 8.36. The zero-order chi connectivity index (χ0) is 23.7. The van der Waals surface area contributed by atoms with Crippen molar-refractivity contribution in [2.75, 3.05) is 20.3 Å². The molecule has 0 radical (unpaired) electrons. The first-order chi connectivity index (χ1) is 16.5. The van der Waals surface area contributed by atoms with Gasteiger partial charge in [-0.15, -0.1) is 0 Å². The van der Waals surface area contributed by atoms with Crippen molar-refractivity contribution in [2.45, 2.75) is 44.4 Å². The second-order valence-electron chi connectivity index (χ2n) is 8.36. The van der Waals surface area contributed by atoms with Crippen LogP contribution in [-0.4, -0.2) is 54.4 Å². The zero-order valence-corrected chi connectivity index (χ0v) is 18.6. The van der Waals surface area contributed by atoms with E-state index in [4.69, 9.17) is 18.9 Å². The average Bonchev–Trinajstić information content (AvgIpc) is 3.30. The molecule has 5 rings (SSSR count). The van der Waals surface area contributed by atoms with E-state index in [0.717, 1.165) is 32.3 Å². The van der Waals surface area contributed by atoms with Gasteiger partial charge in [0.05, 0.1) is 25.1 Å². The Balaban J connectivity index is 1.46. The molecule has 2 fully saturated rings. The van der Waals surface area contributed by atoms with Crippen molar-refractivity contribution in [1.29, 1.82) is 0 Å². The second kappa shape index (κ2) is 9.46. The highest BCUT2D eigenvalue weighted by Gasteiger charge is 2.29. The molecule has 1 N–H and O–H groups in total. The van der Waals surface area contributed by atoms with E-state index in [1.54, 1.807) is 35.0 Å². The number of fused-ring (bicyclic) bond motifs is 1. The van der Waals surface area contributed by atoms with Crippen LogP contribution in [-0.2, 0) is 4.74 Å². The van der Waals surface area contributed by atoms with Crippen LogP contribution in [0.25, 0.3) is 16.9 Å². The molecule has 8 nitrogen and oxygen atoms in total. The number of benzene rings is 1. The molecule has 180 valence electrons. The van der Waals surface area contributed by atoms with Gasteiger partial charge in [-0.2, -0.15) is 8.78 Å². The normalized spacial score (nSPS) is 17.8. The van der Waals surface area contributed by atoms with Crippen molar-refractivity contribution in [3.8, 4) is 28.5 Å². The highest BCUT2D eigenvalue weighted by atomic mass is 19.3. The molecule has 1 saturated heterocycles. The molecule has 1 amide bonds. The van der Waals surface area contributed by atoms with Gasteiger partial charge in [0, 0.05) is 30.5 Å². The van der Waals surface area contributed by atoms with Gasteiger partial charge in [0.1, 0.15) is 35.1 Å². The summed E-state index contributed by atoms with van der Waals surface area (Å²) in [5.41, 5.74) is 1.69. The van der Waals surface area contributed by atoms with Crippen LogP contribution in [0.2, 0.25) is 0 Å². The van der Waals surface area contributed by atoms with Gasteiger partial charge in [-0.3, -0.25) is 9.20 Å². The lowest BCUT2D eigenvalue weighted by Gasteiger charge is -2.16. The molecule has 3 heterocycles. The molecule has 1 unspecified atom stereocenters. The number of hydrogen-bond donors (Lipinski definition) is 1. The number of methoxy groups -OCH3 is 1. The molecule has 1 aliphatic carbocycles. The number of carbonyl (C=O) groups is 1. The number of aromatic nitrogens is 2. The number of imidazole rings is 1. The summed E-state index contributed by atoms with van der Waals surface area (Å²) < 4.78 is 49.7.